The Morgan fingerprint density at radius 2 is 1.94 bits per heavy atom. The molecule has 0 spiro atoms. The third kappa shape index (κ3) is 2.09. The third-order valence-corrected chi connectivity index (χ3v) is 5.09. The van der Waals surface area contributed by atoms with Gasteiger partial charge >= 0.3 is 0 Å². The molecule has 0 saturated heterocycles. The number of rotatable bonds is 4. The smallest absolute Gasteiger partial charge is 0.125 e. The van der Waals surface area contributed by atoms with Crippen molar-refractivity contribution >= 4 is 23.0 Å². The first kappa shape index (κ1) is 13.3. The van der Waals surface area contributed by atoms with Crippen molar-refractivity contribution in [2.75, 3.05) is 11.9 Å². The maximum Gasteiger partial charge on any atom is 0.125 e. The molecular weight excluding hydrogens is 242 g/mol. The van der Waals surface area contributed by atoms with Gasteiger partial charge in [0.25, 0.3) is 0 Å². The highest BCUT2D eigenvalue weighted by Crippen LogP contribution is 2.68. The van der Waals surface area contributed by atoms with Gasteiger partial charge in [0.15, 0.2) is 0 Å². The number of nitrogens with one attached hydrogen (secondary N) is 1. The number of aromatic nitrogens is 1. The predicted octanol–water partition coefficient (Wildman–Crippen LogP) is 2.81. The van der Waals surface area contributed by atoms with Crippen molar-refractivity contribution in [3.05, 3.63) is 23.9 Å². The number of nitrogens with two attached hydrogens (primary N) is 1. The maximum atomic E-state index is 5.54. The molecular formula is C14H21N3S. The van der Waals surface area contributed by atoms with Crippen molar-refractivity contribution in [2.45, 2.75) is 27.7 Å². The van der Waals surface area contributed by atoms with Gasteiger partial charge in [-0.2, -0.15) is 0 Å². The number of hydrogen-bond acceptors (Lipinski definition) is 3. The van der Waals surface area contributed by atoms with E-state index in [1.165, 1.54) is 0 Å². The lowest BCUT2D eigenvalue weighted by molar-refractivity contribution is 0.457. The highest BCUT2D eigenvalue weighted by atomic mass is 32.1. The molecule has 0 bridgehead atoms. The molecule has 18 heavy (non-hydrogen) atoms. The Labute approximate surface area is 114 Å². The second-order valence-corrected chi connectivity index (χ2v) is 6.61. The van der Waals surface area contributed by atoms with E-state index in [0.717, 1.165) is 17.9 Å². The van der Waals surface area contributed by atoms with E-state index in [9.17, 15) is 0 Å². The van der Waals surface area contributed by atoms with Crippen LogP contribution < -0.4 is 11.1 Å². The Kier molecular flexibility index (Phi) is 3.09. The lowest BCUT2D eigenvalue weighted by atomic mass is 10.0. The van der Waals surface area contributed by atoms with Gasteiger partial charge in [0.05, 0.1) is 0 Å². The van der Waals surface area contributed by atoms with E-state index < -0.39 is 0 Å². The molecule has 1 saturated carbocycles. The lowest BCUT2D eigenvalue weighted by Crippen LogP contribution is -2.12. The normalized spacial score (nSPS) is 20.4. The fraction of sp³-hybridized carbons (Fsp3) is 0.571. The van der Waals surface area contributed by atoms with Crippen LogP contribution in [0.2, 0.25) is 0 Å². The average molecular weight is 263 g/mol. The van der Waals surface area contributed by atoms with Crippen LogP contribution in [0.4, 0.5) is 5.82 Å². The molecule has 1 heterocycles. The molecule has 0 aromatic carbocycles. The highest BCUT2D eigenvalue weighted by molar-refractivity contribution is 7.80. The molecule has 1 aromatic heterocycles. The van der Waals surface area contributed by atoms with Crippen LogP contribution in [0.1, 0.15) is 33.3 Å². The number of pyridine rings is 1. The van der Waals surface area contributed by atoms with E-state index >= 15 is 0 Å². The summed E-state index contributed by atoms with van der Waals surface area (Å²) in [5.41, 5.74) is 7.15. The second-order valence-electron chi connectivity index (χ2n) is 6.17. The SMILES string of the molecule is CC1(C)C(CNc2ccc(C(N)=S)cn2)C1(C)C. The van der Waals surface area contributed by atoms with Crippen molar-refractivity contribution in [2.24, 2.45) is 22.5 Å². The zero-order chi connectivity index (χ0) is 13.6. The summed E-state index contributed by atoms with van der Waals surface area (Å²) < 4.78 is 0. The van der Waals surface area contributed by atoms with E-state index in [4.69, 9.17) is 18.0 Å². The molecule has 3 nitrogen and oxygen atoms in total. The minimum atomic E-state index is 0.388. The second kappa shape index (κ2) is 4.19. The summed E-state index contributed by atoms with van der Waals surface area (Å²) in [7, 11) is 0. The molecule has 1 aliphatic rings. The van der Waals surface area contributed by atoms with Crippen LogP contribution in [0.25, 0.3) is 0 Å². The minimum absolute atomic E-state index is 0.388. The topological polar surface area (TPSA) is 50.9 Å². The summed E-state index contributed by atoms with van der Waals surface area (Å²) >= 11 is 4.90. The predicted molar refractivity (Wildman–Crippen MR) is 79.7 cm³/mol. The summed E-state index contributed by atoms with van der Waals surface area (Å²) in [6.07, 6.45) is 1.72. The van der Waals surface area contributed by atoms with Gasteiger partial charge in [0.2, 0.25) is 0 Å². The van der Waals surface area contributed by atoms with Crippen LogP contribution in [0.15, 0.2) is 18.3 Å². The van der Waals surface area contributed by atoms with Gasteiger partial charge in [-0.25, -0.2) is 4.98 Å². The minimum Gasteiger partial charge on any atom is -0.389 e. The molecule has 98 valence electrons. The monoisotopic (exact) mass is 263 g/mol. The fourth-order valence-corrected chi connectivity index (χ4v) is 2.82. The zero-order valence-electron chi connectivity index (χ0n) is 11.4. The Morgan fingerprint density at radius 3 is 2.33 bits per heavy atom. The van der Waals surface area contributed by atoms with Crippen molar-refractivity contribution in [1.29, 1.82) is 0 Å². The molecule has 2 rings (SSSR count). The molecule has 4 heteroatoms. The standard InChI is InChI=1S/C14H21N3S/c1-13(2)10(14(13,3)4)8-17-11-6-5-9(7-16-11)12(15)18/h5-7,10H,8H2,1-4H3,(H2,15,18)(H,16,17). The van der Waals surface area contributed by atoms with Gasteiger partial charge in [0, 0.05) is 18.3 Å². The van der Waals surface area contributed by atoms with E-state index in [-0.39, 0.29) is 0 Å². The zero-order valence-corrected chi connectivity index (χ0v) is 12.3. The maximum absolute atomic E-state index is 5.54. The highest BCUT2D eigenvalue weighted by Gasteiger charge is 2.64. The molecule has 0 radical (unpaired) electrons. The van der Waals surface area contributed by atoms with Crippen molar-refractivity contribution < 1.29 is 0 Å². The molecule has 1 aliphatic carbocycles. The molecule has 3 N–H and O–H groups in total. The molecule has 0 unspecified atom stereocenters. The van der Waals surface area contributed by atoms with Crippen LogP contribution >= 0.6 is 12.2 Å². The van der Waals surface area contributed by atoms with Crippen molar-refractivity contribution in [1.82, 2.24) is 4.98 Å². The first-order chi connectivity index (χ1) is 8.26. The van der Waals surface area contributed by atoms with Crippen LogP contribution in [0, 0.1) is 16.7 Å². The van der Waals surface area contributed by atoms with Crippen LogP contribution in [0.3, 0.4) is 0 Å². The van der Waals surface area contributed by atoms with Crippen LogP contribution in [0.5, 0.6) is 0 Å². The van der Waals surface area contributed by atoms with E-state index in [2.05, 4.69) is 38.0 Å². The van der Waals surface area contributed by atoms with E-state index in [1.807, 2.05) is 12.1 Å². The van der Waals surface area contributed by atoms with Crippen LogP contribution in [-0.2, 0) is 0 Å². The van der Waals surface area contributed by atoms with Gasteiger partial charge in [0.1, 0.15) is 10.8 Å². The Morgan fingerprint density at radius 1 is 1.33 bits per heavy atom. The van der Waals surface area contributed by atoms with Crippen molar-refractivity contribution in [3.63, 3.8) is 0 Å². The van der Waals surface area contributed by atoms with Crippen LogP contribution in [-0.4, -0.2) is 16.5 Å². The lowest BCUT2D eigenvalue weighted by Gasteiger charge is -2.07. The Hall–Kier alpha value is -1.16. The van der Waals surface area contributed by atoms with E-state index in [0.29, 0.717) is 21.7 Å². The quantitative estimate of drug-likeness (QED) is 0.820. The van der Waals surface area contributed by atoms with Gasteiger partial charge in [-0.05, 0) is 28.9 Å². The number of nitrogens with zero attached hydrogens (tertiary/aromatic N) is 1. The summed E-state index contributed by atoms with van der Waals surface area (Å²) in [6.45, 7) is 10.2. The molecule has 0 atom stereocenters. The summed E-state index contributed by atoms with van der Waals surface area (Å²) in [5, 5.41) is 3.39. The summed E-state index contributed by atoms with van der Waals surface area (Å²) in [6, 6.07) is 3.83. The summed E-state index contributed by atoms with van der Waals surface area (Å²) in [4.78, 5) is 4.70. The van der Waals surface area contributed by atoms with Crippen molar-refractivity contribution in [3.8, 4) is 0 Å². The van der Waals surface area contributed by atoms with Gasteiger partial charge in [-0.15, -0.1) is 0 Å². The number of hydrogen-bond donors (Lipinski definition) is 2. The molecule has 0 aliphatic heterocycles. The molecule has 1 aromatic rings. The molecule has 1 fully saturated rings. The number of thiocarbonyl (C=S) groups is 1. The third-order valence-electron chi connectivity index (χ3n) is 4.85. The first-order valence-corrected chi connectivity index (χ1v) is 6.67. The Balaban J connectivity index is 1.94. The average Bonchev–Trinajstić information content (AvgIpc) is 2.67. The van der Waals surface area contributed by atoms with Gasteiger partial charge < -0.3 is 11.1 Å². The number of anilines is 1. The van der Waals surface area contributed by atoms with E-state index in [1.54, 1.807) is 6.20 Å². The molecule has 0 amide bonds. The largest absolute Gasteiger partial charge is 0.389 e. The fourth-order valence-electron chi connectivity index (χ4n) is 2.69. The van der Waals surface area contributed by atoms with Gasteiger partial charge in [-0.3, -0.25) is 0 Å². The summed E-state index contributed by atoms with van der Waals surface area (Å²) in [5.74, 6) is 1.57. The first-order valence-electron chi connectivity index (χ1n) is 6.26. The Bertz CT molecular complexity index is 448. The van der Waals surface area contributed by atoms with Gasteiger partial charge in [-0.1, -0.05) is 39.9 Å².